The van der Waals surface area contributed by atoms with E-state index in [2.05, 4.69) is 0 Å². The van der Waals surface area contributed by atoms with Crippen molar-refractivity contribution in [3.8, 4) is 0 Å². The largest absolute Gasteiger partial charge is 0.481 e. The van der Waals surface area contributed by atoms with Crippen LogP contribution >= 0.6 is 0 Å². The van der Waals surface area contributed by atoms with Crippen LogP contribution < -0.4 is 0 Å². The predicted octanol–water partition coefficient (Wildman–Crippen LogP) is 3.90. The average Bonchev–Trinajstić information content (AvgIpc) is 2.45. The molecule has 0 spiro atoms. The topological polar surface area (TPSA) is 72.8 Å². The van der Waals surface area contributed by atoms with E-state index >= 15 is 0 Å². The van der Waals surface area contributed by atoms with Crippen molar-refractivity contribution in [1.29, 1.82) is 0 Å². The normalized spacial score (nSPS) is 19.1. The lowest BCUT2D eigenvalue weighted by molar-refractivity contribution is -0.167. The van der Waals surface area contributed by atoms with Gasteiger partial charge < -0.3 is 14.6 Å². The third-order valence-electron chi connectivity index (χ3n) is 4.46. The molecule has 2 atom stereocenters. The first-order valence-corrected chi connectivity index (χ1v) is 9.13. The van der Waals surface area contributed by atoms with Crippen molar-refractivity contribution in [2.45, 2.75) is 72.3 Å². The summed E-state index contributed by atoms with van der Waals surface area (Å²) >= 11 is 0. The smallest absolute Gasteiger partial charge is 0.310 e. The molecule has 5 heteroatoms. The lowest BCUT2D eigenvalue weighted by atomic mass is 9.80. The number of carboxylic acids is 1. The molecule has 0 amide bonds. The van der Waals surface area contributed by atoms with E-state index in [1.54, 1.807) is 0 Å². The first-order valence-electron chi connectivity index (χ1n) is 9.13. The Morgan fingerprint density at radius 2 is 1.75 bits per heavy atom. The Hall–Kier alpha value is -1.10. The second-order valence-corrected chi connectivity index (χ2v) is 8.35. The minimum absolute atomic E-state index is 0.221. The Bertz CT molecular complexity index is 404. The summed E-state index contributed by atoms with van der Waals surface area (Å²) in [5.41, 5.74) is -0.602. The Morgan fingerprint density at radius 1 is 1.17 bits per heavy atom. The SMILES string of the molecule is CC(C)C[C@@H](C(=O)O)[C@H](CCC1CCOCC1)C(=O)OC(C)(C)C. The van der Waals surface area contributed by atoms with Crippen LogP contribution in [0.15, 0.2) is 0 Å². The van der Waals surface area contributed by atoms with Gasteiger partial charge in [0, 0.05) is 13.2 Å². The van der Waals surface area contributed by atoms with Gasteiger partial charge in [0.2, 0.25) is 0 Å². The van der Waals surface area contributed by atoms with Crippen molar-refractivity contribution in [1.82, 2.24) is 0 Å². The molecule has 0 aromatic rings. The predicted molar refractivity (Wildman–Crippen MR) is 92.7 cm³/mol. The second-order valence-electron chi connectivity index (χ2n) is 8.35. The van der Waals surface area contributed by atoms with Gasteiger partial charge in [-0.2, -0.15) is 0 Å². The highest BCUT2D eigenvalue weighted by Crippen LogP contribution is 2.31. The average molecular weight is 342 g/mol. The van der Waals surface area contributed by atoms with Crippen LogP contribution in [0.2, 0.25) is 0 Å². The molecular formula is C19H34O5. The molecule has 0 bridgehead atoms. The van der Waals surface area contributed by atoms with E-state index in [0.717, 1.165) is 32.5 Å². The van der Waals surface area contributed by atoms with Crippen LogP contribution in [0.4, 0.5) is 0 Å². The van der Waals surface area contributed by atoms with Gasteiger partial charge in [0.15, 0.2) is 0 Å². The van der Waals surface area contributed by atoms with Gasteiger partial charge in [-0.3, -0.25) is 9.59 Å². The van der Waals surface area contributed by atoms with Gasteiger partial charge in [0.05, 0.1) is 11.8 Å². The summed E-state index contributed by atoms with van der Waals surface area (Å²) in [6.07, 6.45) is 3.90. The third-order valence-corrected chi connectivity index (χ3v) is 4.46. The van der Waals surface area contributed by atoms with Gasteiger partial charge in [-0.1, -0.05) is 13.8 Å². The van der Waals surface area contributed by atoms with Crippen LogP contribution in [0.5, 0.6) is 0 Å². The summed E-state index contributed by atoms with van der Waals surface area (Å²) in [6.45, 7) is 10.9. The molecule has 0 unspecified atom stereocenters. The van der Waals surface area contributed by atoms with Gasteiger partial charge in [0.25, 0.3) is 0 Å². The first kappa shape index (κ1) is 20.9. The van der Waals surface area contributed by atoms with Crippen LogP contribution in [0.3, 0.4) is 0 Å². The number of carboxylic acid groups (broad SMARTS) is 1. The highest BCUT2D eigenvalue weighted by atomic mass is 16.6. The van der Waals surface area contributed by atoms with E-state index in [4.69, 9.17) is 9.47 Å². The summed E-state index contributed by atoms with van der Waals surface area (Å²) in [5.74, 6) is -1.79. The highest BCUT2D eigenvalue weighted by Gasteiger charge is 2.37. The lowest BCUT2D eigenvalue weighted by Crippen LogP contribution is -2.36. The summed E-state index contributed by atoms with van der Waals surface area (Å²) in [7, 11) is 0. The highest BCUT2D eigenvalue weighted by molar-refractivity contribution is 5.81. The minimum Gasteiger partial charge on any atom is -0.481 e. The van der Waals surface area contributed by atoms with Crippen LogP contribution in [0.25, 0.3) is 0 Å². The van der Waals surface area contributed by atoms with Gasteiger partial charge in [0.1, 0.15) is 5.60 Å². The molecule has 1 aliphatic heterocycles. The second kappa shape index (κ2) is 9.40. The van der Waals surface area contributed by atoms with Crippen molar-refractivity contribution < 1.29 is 24.2 Å². The molecule has 24 heavy (non-hydrogen) atoms. The molecule has 1 saturated heterocycles. The number of hydrogen-bond donors (Lipinski definition) is 1. The molecule has 1 rings (SSSR count). The van der Waals surface area contributed by atoms with Crippen molar-refractivity contribution in [3.63, 3.8) is 0 Å². The molecule has 0 aromatic heterocycles. The molecule has 0 saturated carbocycles. The van der Waals surface area contributed by atoms with Crippen molar-refractivity contribution in [2.75, 3.05) is 13.2 Å². The zero-order chi connectivity index (χ0) is 18.3. The van der Waals surface area contributed by atoms with Crippen LogP contribution in [-0.4, -0.2) is 35.9 Å². The summed E-state index contributed by atoms with van der Waals surface area (Å²) in [6, 6.07) is 0. The first-order chi connectivity index (χ1) is 11.1. The fourth-order valence-electron chi connectivity index (χ4n) is 3.26. The van der Waals surface area contributed by atoms with Gasteiger partial charge in [-0.05, 0) is 64.7 Å². The van der Waals surface area contributed by atoms with Crippen LogP contribution in [0, 0.1) is 23.7 Å². The molecule has 1 heterocycles. The van der Waals surface area contributed by atoms with E-state index in [9.17, 15) is 14.7 Å². The monoisotopic (exact) mass is 342 g/mol. The maximum Gasteiger partial charge on any atom is 0.310 e. The Kier molecular flexibility index (Phi) is 8.20. The Balaban J connectivity index is 2.82. The molecule has 1 fully saturated rings. The number of rotatable bonds is 8. The molecular weight excluding hydrogens is 308 g/mol. The molecule has 5 nitrogen and oxygen atoms in total. The quantitative estimate of drug-likeness (QED) is 0.677. The number of carbonyl (C=O) groups excluding carboxylic acids is 1. The van der Waals surface area contributed by atoms with Crippen molar-refractivity contribution in [2.24, 2.45) is 23.7 Å². The van der Waals surface area contributed by atoms with E-state index in [0.29, 0.717) is 18.8 Å². The zero-order valence-corrected chi connectivity index (χ0v) is 15.8. The molecule has 1 N–H and O–H groups in total. The minimum atomic E-state index is -0.897. The molecule has 0 aliphatic carbocycles. The Labute approximate surface area is 146 Å². The van der Waals surface area contributed by atoms with E-state index in [1.165, 1.54) is 0 Å². The van der Waals surface area contributed by atoms with Crippen molar-refractivity contribution >= 4 is 11.9 Å². The number of esters is 1. The molecule has 0 aromatic carbocycles. The van der Waals surface area contributed by atoms with Crippen LogP contribution in [0.1, 0.15) is 66.7 Å². The van der Waals surface area contributed by atoms with Gasteiger partial charge >= 0.3 is 11.9 Å². The summed E-state index contributed by atoms with van der Waals surface area (Å²) < 4.78 is 10.9. The lowest BCUT2D eigenvalue weighted by Gasteiger charge is -2.30. The standard InChI is InChI=1S/C19H34O5/c1-13(2)12-16(17(20)21)15(18(22)24-19(3,4)5)7-6-14-8-10-23-11-9-14/h13-16H,6-12H2,1-5H3,(H,20,21)/t15-,16+/m0/s1. The van der Waals surface area contributed by atoms with Gasteiger partial charge in [-0.25, -0.2) is 0 Å². The van der Waals surface area contributed by atoms with Crippen LogP contribution in [-0.2, 0) is 19.1 Å². The van der Waals surface area contributed by atoms with Crippen molar-refractivity contribution in [3.05, 3.63) is 0 Å². The number of carbonyl (C=O) groups is 2. The third kappa shape index (κ3) is 7.65. The maximum absolute atomic E-state index is 12.6. The number of ether oxygens (including phenoxy) is 2. The molecule has 0 radical (unpaired) electrons. The fourth-order valence-corrected chi connectivity index (χ4v) is 3.26. The van der Waals surface area contributed by atoms with E-state index < -0.39 is 23.4 Å². The number of hydrogen-bond acceptors (Lipinski definition) is 4. The maximum atomic E-state index is 12.6. The fraction of sp³-hybridized carbons (Fsp3) is 0.895. The molecule has 1 aliphatic rings. The van der Waals surface area contributed by atoms with Gasteiger partial charge in [-0.15, -0.1) is 0 Å². The summed E-state index contributed by atoms with van der Waals surface area (Å²) in [5, 5.41) is 9.65. The molecule has 140 valence electrons. The summed E-state index contributed by atoms with van der Waals surface area (Å²) in [4.78, 5) is 24.4. The van der Waals surface area contributed by atoms with E-state index in [-0.39, 0.29) is 11.9 Å². The number of aliphatic carboxylic acids is 1. The Morgan fingerprint density at radius 3 is 2.21 bits per heavy atom. The zero-order valence-electron chi connectivity index (χ0n) is 15.8. The van der Waals surface area contributed by atoms with E-state index in [1.807, 2.05) is 34.6 Å².